The van der Waals surface area contributed by atoms with Gasteiger partial charge in [-0.15, -0.1) is 0 Å². The largest absolute Gasteiger partial charge is 0.504 e. The van der Waals surface area contributed by atoms with Gasteiger partial charge in [-0.1, -0.05) is 41.9 Å². The number of aromatic hydroxyl groups is 1. The third kappa shape index (κ3) is 2.43. The summed E-state index contributed by atoms with van der Waals surface area (Å²) in [6.45, 7) is 0. The molecule has 0 amide bonds. The van der Waals surface area contributed by atoms with Crippen molar-refractivity contribution >= 4 is 22.4 Å². The van der Waals surface area contributed by atoms with E-state index in [2.05, 4.69) is 0 Å². The standard InChI is InChI=1S/C17H9ClFNO2/c18-13-7-10(9-20)8-14(19)17(13)22-15-6-5-11-3-1-2-4-12(11)16(15)21/h1-8,21H. The molecule has 3 rings (SSSR count). The monoisotopic (exact) mass is 313 g/mol. The van der Waals surface area contributed by atoms with Crippen LogP contribution in [-0.2, 0) is 0 Å². The summed E-state index contributed by atoms with van der Waals surface area (Å²) < 4.78 is 19.4. The lowest BCUT2D eigenvalue weighted by Crippen LogP contribution is -1.92. The van der Waals surface area contributed by atoms with Crippen molar-refractivity contribution in [1.82, 2.24) is 0 Å². The Kier molecular flexibility index (Phi) is 3.58. The number of hydrogen-bond donors (Lipinski definition) is 1. The van der Waals surface area contributed by atoms with E-state index in [4.69, 9.17) is 21.6 Å². The van der Waals surface area contributed by atoms with E-state index in [1.807, 2.05) is 12.1 Å². The van der Waals surface area contributed by atoms with Gasteiger partial charge in [-0.05, 0) is 23.6 Å². The normalized spacial score (nSPS) is 10.4. The highest BCUT2D eigenvalue weighted by molar-refractivity contribution is 6.32. The van der Waals surface area contributed by atoms with Crippen LogP contribution in [0.3, 0.4) is 0 Å². The van der Waals surface area contributed by atoms with Crippen molar-refractivity contribution in [2.24, 2.45) is 0 Å². The Labute approximate surface area is 130 Å². The molecule has 3 nitrogen and oxygen atoms in total. The van der Waals surface area contributed by atoms with E-state index in [9.17, 15) is 9.50 Å². The van der Waals surface area contributed by atoms with Crippen LogP contribution in [0.2, 0.25) is 5.02 Å². The molecule has 0 spiro atoms. The summed E-state index contributed by atoms with van der Waals surface area (Å²) in [5, 5.41) is 20.4. The van der Waals surface area contributed by atoms with Crippen molar-refractivity contribution in [2.75, 3.05) is 0 Å². The molecule has 0 aromatic heterocycles. The Balaban J connectivity index is 2.08. The van der Waals surface area contributed by atoms with Gasteiger partial charge in [0, 0.05) is 5.39 Å². The summed E-state index contributed by atoms with van der Waals surface area (Å²) in [6, 6.07) is 14.6. The summed E-state index contributed by atoms with van der Waals surface area (Å²) in [5.74, 6) is -1.01. The first-order valence-corrected chi connectivity index (χ1v) is 6.75. The highest BCUT2D eigenvalue weighted by Gasteiger charge is 2.15. The number of ether oxygens (including phenoxy) is 1. The molecule has 1 N–H and O–H groups in total. The molecule has 0 fully saturated rings. The highest BCUT2D eigenvalue weighted by Crippen LogP contribution is 2.40. The van der Waals surface area contributed by atoms with Crippen molar-refractivity contribution in [2.45, 2.75) is 0 Å². The number of nitrogens with zero attached hydrogens (tertiary/aromatic N) is 1. The van der Waals surface area contributed by atoms with Gasteiger partial charge in [-0.3, -0.25) is 0 Å². The number of fused-ring (bicyclic) bond motifs is 1. The van der Waals surface area contributed by atoms with Gasteiger partial charge in [-0.25, -0.2) is 4.39 Å². The molecule has 3 aromatic carbocycles. The number of rotatable bonds is 2. The predicted molar refractivity (Wildman–Crippen MR) is 81.8 cm³/mol. The van der Waals surface area contributed by atoms with Crippen LogP contribution in [0.1, 0.15) is 5.56 Å². The molecule has 22 heavy (non-hydrogen) atoms. The van der Waals surface area contributed by atoms with Crippen LogP contribution in [0.4, 0.5) is 4.39 Å². The van der Waals surface area contributed by atoms with E-state index in [0.29, 0.717) is 5.39 Å². The van der Waals surface area contributed by atoms with E-state index in [1.165, 1.54) is 12.1 Å². The highest BCUT2D eigenvalue weighted by atomic mass is 35.5. The lowest BCUT2D eigenvalue weighted by molar-refractivity contribution is 0.399. The molecule has 3 aromatic rings. The van der Waals surface area contributed by atoms with Gasteiger partial charge in [0.1, 0.15) is 0 Å². The Morgan fingerprint density at radius 2 is 1.91 bits per heavy atom. The molecular weight excluding hydrogens is 305 g/mol. The predicted octanol–water partition coefficient (Wildman–Crippen LogP) is 5.00. The second kappa shape index (κ2) is 5.55. The fourth-order valence-corrected chi connectivity index (χ4v) is 2.40. The number of phenolic OH excluding ortho intramolecular Hbond substituents is 1. The molecule has 0 heterocycles. The quantitative estimate of drug-likeness (QED) is 0.724. The number of hydrogen-bond acceptors (Lipinski definition) is 3. The molecule has 0 atom stereocenters. The van der Waals surface area contributed by atoms with Crippen LogP contribution >= 0.6 is 11.6 Å². The minimum Gasteiger partial charge on any atom is -0.504 e. The second-order valence-electron chi connectivity index (χ2n) is 4.62. The summed E-state index contributed by atoms with van der Waals surface area (Å²) in [6.07, 6.45) is 0. The third-order valence-electron chi connectivity index (χ3n) is 3.20. The Bertz CT molecular complexity index is 895. The van der Waals surface area contributed by atoms with Gasteiger partial charge in [0.25, 0.3) is 0 Å². The lowest BCUT2D eigenvalue weighted by Gasteiger charge is -2.12. The van der Waals surface area contributed by atoms with Crippen molar-refractivity contribution in [1.29, 1.82) is 5.26 Å². The van der Waals surface area contributed by atoms with E-state index >= 15 is 0 Å². The van der Waals surface area contributed by atoms with Crippen molar-refractivity contribution < 1.29 is 14.2 Å². The smallest absolute Gasteiger partial charge is 0.181 e. The fraction of sp³-hybridized carbons (Fsp3) is 0. The maximum absolute atomic E-state index is 14.0. The molecule has 0 bridgehead atoms. The zero-order valence-corrected chi connectivity index (χ0v) is 11.9. The van der Waals surface area contributed by atoms with Crippen LogP contribution in [0.15, 0.2) is 48.5 Å². The van der Waals surface area contributed by atoms with Crippen LogP contribution in [0.5, 0.6) is 17.2 Å². The molecule has 0 unspecified atom stereocenters. The number of halogens is 2. The van der Waals surface area contributed by atoms with Gasteiger partial charge < -0.3 is 9.84 Å². The Morgan fingerprint density at radius 3 is 2.64 bits per heavy atom. The molecular formula is C17H9ClFNO2. The molecule has 0 saturated carbocycles. The average molecular weight is 314 g/mol. The second-order valence-corrected chi connectivity index (χ2v) is 5.02. The summed E-state index contributed by atoms with van der Waals surface area (Å²) >= 11 is 5.94. The minimum atomic E-state index is -0.767. The summed E-state index contributed by atoms with van der Waals surface area (Å²) in [7, 11) is 0. The van der Waals surface area contributed by atoms with Gasteiger partial charge in [0.2, 0.25) is 0 Å². The van der Waals surface area contributed by atoms with Gasteiger partial charge in [0.15, 0.2) is 23.1 Å². The molecule has 0 saturated heterocycles. The van der Waals surface area contributed by atoms with Crippen LogP contribution < -0.4 is 4.74 Å². The lowest BCUT2D eigenvalue weighted by atomic mass is 10.1. The number of phenols is 1. The SMILES string of the molecule is N#Cc1cc(F)c(Oc2ccc3ccccc3c2O)c(Cl)c1. The Hall–Kier alpha value is -2.77. The van der Waals surface area contributed by atoms with Gasteiger partial charge >= 0.3 is 0 Å². The van der Waals surface area contributed by atoms with Crippen LogP contribution in [0, 0.1) is 17.1 Å². The van der Waals surface area contributed by atoms with E-state index in [1.54, 1.807) is 24.3 Å². The minimum absolute atomic E-state index is 0.0379. The Morgan fingerprint density at radius 1 is 1.14 bits per heavy atom. The van der Waals surface area contributed by atoms with Gasteiger partial charge in [0.05, 0.1) is 16.7 Å². The van der Waals surface area contributed by atoms with E-state index in [-0.39, 0.29) is 27.8 Å². The van der Waals surface area contributed by atoms with E-state index in [0.717, 1.165) is 11.5 Å². The fourth-order valence-electron chi connectivity index (χ4n) is 2.15. The van der Waals surface area contributed by atoms with Crippen LogP contribution in [0.25, 0.3) is 10.8 Å². The topological polar surface area (TPSA) is 53.2 Å². The molecule has 0 aliphatic carbocycles. The molecule has 108 valence electrons. The zero-order valence-electron chi connectivity index (χ0n) is 11.2. The van der Waals surface area contributed by atoms with Crippen molar-refractivity contribution in [3.63, 3.8) is 0 Å². The maximum Gasteiger partial charge on any atom is 0.181 e. The summed E-state index contributed by atoms with van der Waals surface area (Å²) in [5.41, 5.74) is 0.0950. The zero-order chi connectivity index (χ0) is 15.7. The summed E-state index contributed by atoms with van der Waals surface area (Å²) in [4.78, 5) is 0. The number of nitriles is 1. The average Bonchev–Trinajstić information content (AvgIpc) is 2.52. The first-order valence-electron chi connectivity index (χ1n) is 6.38. The first-order chi connectivity index (χ1) is 10.6. The van der Waals surface area contributed by atoms with Gasteiger partial charge in [-0.2, -0.15) is 5.26 Å². The first kappa shape index (κ1) is 14.2. The maximum atomic E-state index is 14.0. The van der Waals surface area contributed by atoms with E-state index < -0.39 is 5.82 Å². The van der Waals surface area contributed by atoms with Crippen LogP contribution in [-0.4, -0.2) is 5.11 Å². The number of benzene rings is 3. The van der Waals surface area contributed by atoms with Crippen molar-refractivity contribution in [3.05, 3.63) is 64.9 Å². The molecule has 0 aliphatic heterocycles. The molecule has 0 aliphatic rings. The molecule has 0 radical (unpaired) electrons. The van der Waals surface area contributed by atoms with Crippen molar-refractivity contribution in [3.8, 4) is 23.3 Å². The molecule has 5 heteroatoms. The third-order valence-corrected chi connectivity index (χ3v) is 3.48.